The molecule has 4 N–H and O–H groups in total. The Morgan fingerprint density at radius 1 is 1.06 bits per heavy atom. The number of carbonyl (C=O) groups is 1. The Bertz CT molecular complexity index is 1360. The summed E-state index contributed by atoms with van der Waals surface area (Å²) in [5, 5.41) is 3.21. The molecule has 0 atom stereocenters. The number of rotatable bonds is 4. The molecule has 0 aliphatic carbocycles. The number of benzene rings is 1. The van der Waals surface area contributed by atoms with Gasteiger partial charge in [0, 0.05) is 49.0 Å². The molecular weight excluding hydrogens is 440 g/mol. The van der Waals surface area contributed by atoms with Crippen LogP contribution in [0.4, 0.5) is 26.0 Å². The van der Waals surface area contributed by atoms with E-state index in [1.165, 1.54) is 6.20 Å². The van der Waals surface area contributed by atoms with Gasteiger partial charge in [-0.05, 0) is 43.4 Å². The van der Waals surface area contributed by atoms with Gasteiger partial charge in [-0.2, -0.15) is 0 Å². The summed E-state index contributed by atoms with van der Waals surface area (Å²) in [6.45, 7) is 3.90. The minimum Gasteiger partial charge on any atom is -0.396 e. The van der Waals surface area contributed by atoms with Crippen molar-refractivity contribution in [3.8, 4) is 11.3 Å². The SMILES string of the molecule is CN1CCN(c2ccc(-c3cc4cc(NC(=O)c5c(F)ccc(N)c5F)cnc4[nH]3)cn2)CC1. The molecule has 5 rings (SSSR count). The van der Waals surface area contributed by atoms with E-state index in [4.69, 9.17) is 5.73 Å². The number of H-pyrrole nitrogens is 1. The van der Waals surface area contributed by atoms with Crippen molar-refractivity contribution < 1.29 is 13.6 Å². The number of amides is 1. The number of carbonyl (C=O) groups excluding carboxylic acids is 1. The number of hydrogen-bond donors (Lipinski definition) is 3. The van der Waals surface area contributed by atoms with Crippen LogP contribution in [0.3, 0.4) is 0 Å². The van der Waals surface area contributed by atoms with Crippen LogP contribution in [-0.2, 0) is 0 Å². The fourth-order valence-corrected chi connectivity index (χ4v) is 3.98. The Kier molecular flexibility index (Phi) is 5.58. The molecule has 3 aromatic heterocycles. The Balaban J connectivity index is 1.35. The summed E-state index contributed by atoms with van der Waals surface area (Å²) in [5.74, 6) is -2.09. The largest absolute Gasteiger partial charge is 0.396 e. The molecule has 0 saturated carbocycles. The summed E-state index contributed by atoms with van der Waals surface area (Å²) < 4.78 is 28.2. The number of likely N-dealkylation sites (N-methyl/N-ethyl adjacent to an activating group) is 1. The minimum absolute atomic E-state index is 0.299. The second-order valence-electron chi connectivity index (χ2n) is 8.32. The van der Waals surface area contributed by atoms with Gasteiger partial charge in [0.1, 0.15) is 22.8 Å². The third-order valence-electron chi connectivity index (χ3n) is 5.96. The van der Waals surface area contributed by atoms with Crippen LogP contribution >= 0.6 is 0 Å². The van der Waals surface area contributed by atoms with Crippen LogP contribution in [0.5, 0.6) is 0 Å². The molecule has 4 aromatic rings. The van der Waals surface area contributed by atoms with Crippen molar-refractivity contribution in [1.82, 2.24) is 19.9 Å². The molecule has 1 amide bonds. The van der Waals surface area contributed by atoms with E-state index in [2.05, 4.69) is 37.1 Å². The molecule has 0 radical (unpaired) electrons. The van der Waals surface area contributed by atoms with Crippen molar-refractivity contribution in [2.24, 2.45) is 0 Å². The Morgan fingerprint density at radius 3 is 2.59 bits per heavy atom. The van der Waals surface area contributed by atoms with Crippen LogP contribution in [0.1, 0.15) is 10.4 Å². The van der Waals surface area contributed by atoms with Crippen LogP contribution in [0.25, 0.3) is 22.3 Å². The third-order valence-corrected chi connectivity index (χ3v) is 5.96. The van der Waals surface area contributed by atoms with Crippen molar-refractivity contribution in [1.29, 1.82) is 0 Å². The molecule has 1 aliphatic rings. The quantitative estimate of drug-likeness (QED) is 0.401. The fraction of sp³-hybridized carbons (Fsp3) is 0.208. The van der Waals surface area contributed by atoms with E-state index in [-0.39, 0.29) is 5.69 Å². The number of aromatic amines is 1. The standard InChI is InChI=1S/C24H23F2N7O/c1-32-6-8-33(9-7-32)20-5-2-14(12-28-20)19-11-15-10-16(13-29-23(15)31-19)30-24(34)21-17(25)3-4-18(27)22(21)26/h2-5,10-13H,6-9,27H2,1H3,(H,29,31)(H,30,34). The average molecular weight is 463 g/mol. The second-order valence-corrected chi connectivity index (χ2v) is 8.32. The normalized spacial score (nSPS) is 14.5. The van der Waals surface area contributed by atoms with Crippen molar-refractivity contribution in [3.63, 3.8) is 0 Å². The molecule has 0 spiro atoms. The lowest BCUT2D eigenvalue weighted by Gasteiger charge is -2.33. The lowest BCUT2D eigenvalue weighted by atomic mass is 10.1. The molecule has 10 heteroatoms. The molecule has 0 unspecified atom stereocenters. The predicted molar refractivity (Wildman–Crippen MR) is 128 cm³/mol. The molecule has 174 valence electrons. The lowest BCUT2D eigenvalue weighted by molar-refractivity contribution is 0.101. The number of pyridine rings is 2. The number of nitrogens with zero attached hydrogens (tertiary/aromatic N) is 4. The van der Waals surface area contributed by atoms with E-state index >= 15 is 0 Å². The number of nitrogens with one attached hydrogen (secondary N) is 2. The molecule has 34 heavy (non-hydrogen) atoms. The van der Waals surface area contributed by atoms with Crippen molar-refractivity contribution in [2.45, 2.75) is 0 Å². The maximum absolute atomic E-state index is 14.2. The van der Waals surface area contributed by atoms with Gasteiger partial charge in [0.05, 0.1) is 17.6 Å². The first-order chi connectivity index (χ1) is 16.4. The molecule has 1 saturated heterocycles. The Labute approximate surface area is 194 Å². The number of piperazine rings is 1. The van der Waals surface area contributed by atoms with E-state index in [0.29, 0.717) is 11.3 Å². The first-order valence-electron chi connectivity index (χ1n) is 10.8. The molecule has 1 aromatic carbocycles. The zero-order chi connectivity index (χ0) is 23.8. The lowest BCUT2D eigenvalue weighted by Crippen LogP contribution is -2.44. The smallest absolute Gasteiger partial charge is 0.261 e. The highest BCUT2D eigenvalue weighted by Crippen LogP contribution is 2.27. The number of halogens is 2. The van der Waals surface area contributed by atoms with Crippen LogP contribution in [0, 0.1) is 11.6 Å². The molecule has 1 aliphatic heterocycles. The van der Waals surface area contributed by atoms with E-state index < -0.39 is 23.1 Å². The zero-order valence-electron chi connectivity index (χ0n) is 18.5. The highest BCUT2D eigenvalue weighted by molar-refractivity contribution is 6.05. The highest BCUT2D eigenvalue weighted by atomic mass is 19.1. The van der Waals surface area contributed by atoms with E-state index in [9.17, 15) is 13.6 Å². The van der Waals surface area contributed by atoms with Gasteiger partial charge in [0.25, 0.3) is 5.91 Å². The predicted octanol–water partition coefficient (Wildman–Crippen LogP) is 3.49. The summed E-state index contributed by atoms with van der Waals surface area (Å²) in [7, 11) is 2.11. The molecule has 1 fully saturated rings. The van der Waals surface area contributed by atoms with Crippen molar-refractivity contribution in [2.75, 3.05) is 49.2 Å². The minimum atomic E-state index is -1.09. The molecular formula is C24H23F2N7O. The monoisotopic (exact) mass is 463 g/mol. The average Bonchev–Trinajstić information content (AvgIpc) is 3.26. The van der Waals surface area contributed by atoms with Gasteiger partial charge in [0.2, 0.25) is 0 Å². The molecule has 8 nitrogen and oxygen atoms in total. The van der Waals surface area contributed by atoms with Gasteiger partial charge >= 0.3 is 0 Å². The summed E-state index contributed by atoms with van der Waals surface area (Å²) >= 11 is 0. The summed E-state index contributed by atoms with van der Waals surface area (Å²) in [6, 6.07) is 9.58. The Hall–Kier alpha value is -4.05. The van der Waals surface area contributed by atoms with Crippen LogP contribution < -0.4 is 16.0 Å². The first kappa shape index (κ1) is 21.8. The second kappa shape index (κ2) is 8.71. The van der Waals surface area contributed by atoms with Gasteiger partial charge in [-0.3, -0.25) is 4.79 Å². The molecule has 4 heterocycles. The zero-order valence-corrected chi connectivity index (χ0v) is 18.5. The number of nitrogens with two attached hydrogens (primary N) is 1. The summed E-state index contributed by atoms with van der Waals surface area (Å²) in [4.78, 5) is 29.2. The van der Waals surface area contributed by atoms with Gasteiger partial charge in [0.15, 0.2) is 5.82 Å². The highest BCUT2D eigenvalue weighted by Gasteiger charge is 2.20. The number of aromatic nitrogens is 3. The number of fused-ring (bicyclic) bond motifs is 1. The van der Waals surface area contributed by atoms with Crippen molar-refractivity contribution >= 4 is 34.1 Å². The van der Waals surface area contributed by atoms with E-state index in [0.717, 1.165) is 60.8 Å². The first-order valence-corrected chi connectivity index (χ1v) is 10.8. The van der Waals surface area contributed by atoms with Gasteiger partial charge in [-0.15, -0.1) is 0 Å². The topological polar surface area (TPSA) is 103 Å². The van der Waals surface area contributed by atoms with Gasteiger partial charge in [-0.25, -0.2) is 18.7 Å². The number of anilines is 3. The number of nitrogen functional groups attached to an aromatic ring is 1. The maximum Gasteiger partial charge on any atom is 0.261 e. The van der Waals surface area contributed by atoms with E-state index in [1.54, 1.807) is 6.07 Å². The van der Waals surface area contributed by atoms with Gasteiger partial charge in [-0.1, -0.05) is 0 Å². The summed E-state index contributed by atoms with van der Waals surface area (Å²) in [6.07, 6.45) is 3.23. The van der Waals surface area contributed by atoms with Gasteiger partial charge < -0.3 is 25.8 Å². The third kappa shape index (κ3) is 4.15. The summed E-state index contributed by atoms with van der Waals surface area (Å²) in [5.41, 5.74) is 7.04. The van der Waals surface area contributed by atoms with Crippen LogP contribution in [-0.4, -0.2) is 59.0 Å². The maximum atomic E-state index is 14.2. The Morgan fingerprint density at radius 2 is 1.85 bits per heavy atom. The van der Waals surface area contributed by atoms with Crippen LogP contribution in [0.2, 0.25) is 0 Å². The number of hydrogen-bond acceptors (Lipinski definition) is 6. The van der Waals surface area contributed by atoms with Crippen molar-refractivity contribution in [3.05, 3.63) is 66.0 Å². The molecule has 0 bridgehead atoms. The van der Waals surface area contributed by atoms with E-state index in [1.807, 2.05) is 24.4 Å². The fourth-order valence-electron chi connectivity index (χ4n) is 3.98. The van der Waals surface area contributed by atoms with Crippen LogP contribution in [0.15, 0.2) is 48.8 Å².